The van der Waals surface area contributed by atoms with E-state index in [1.165, 1.54) is 32.0 Å². The number of nitrogens with zero attached hydrogens (tertiary/aromatic N) is 2. The summed E-state index contributed by atoms with van der Waals surface area (Å²) >= 11 is 5.91. The van der Waals surface area contributed by atoms with Crippen LogP contribution in [0.15, 0.2) is 18.2 Å². The molecule has 0 saturated carbocycles. The first kappa shape index (κ1) is 16.7. The molecule has 0 spiro atoms. The lowest BCUT2D eigenvalue weighted by Crippen LogP contribution is -2.43. The molecule has 0 N–H and O–H groups in total. The molecular weight excluding hydrogens is 287 g/mol. The van der Waals surface area contributed by atoms with Crippen molar-refractivity contribution >= 4 is 11.6 Å². The normalized spacial score (nSPS) is 20.4. The smallest absolute Gasteiger partial charge is 0.125 e. The van der Waals surface area contributed by atoms with Gasteiger partial charge < -0.3 is 9.80 Å². The van der Waals surface area contributed by atoms with E-state index in [-0.39, 0.29) is 5.82 Å². The maximum atomic E-state index is 13.4. The van der Waals surface area contributed by atoms with Crippen LogP contribution in [0.3, 0.4) is 0 Å². The van der Waals surface area contributed by atoms with Crippen LogP contribution in [0.1, 0.15) is 32.3 Å². The Morgan fingerprint density at radius 2 is 2.14 bits per heavy atom. The average molecular weight is 313 g/mol. The van der Waals surface area contributed by atoms with E-state index in [1.54, 1.807) is 6.07 Å². The third kappa shape index (κ3) is 5.24. The minimum absolute atomic E-state index is 0.255. The number of hydrogen-bond acceptors (Lipinski definition) is 2. The van der Waals surface area contributed by atoms with Crippen LogP contribution < -0.4 is 0 Å². The first-order chi connectivity index (χ1) is 9.94. The molecule has 118 valence electrons. The van der Waals surface area contributed by atoms with E-state index in [1.807, 2.05) is 6.07 Å². The van der Waals surface area contributed by atoms with Gasteiger partial charge in [0.25, 0.3) is 0 Å². The molecule has 1 fully saturated rings. The number of hydrogen-bond donors (Lipinski definition) is 0. The fourth-order valence-corrected chi connectivity index (χ4v) is 3.48. The molecule has 0 unspecified atom stereocenters. The van der Waals surface area contributed by atoms with Gasteiger partial charge in [0.15, 0.2) is 0 Å². The summed E-state index contributed by atoms with van der Waals surface area (Å²) in [5.74, 6) is 0.449. The van der Waals surface area contributed by atoms with Gasteiger partial charge in [-0.1, -0.05) is 11.6 Å². The van der Waals surface area contributed by atoms with Gasteiger partial charge in [0.1, 0.15) is 5.82 Å². The van der Waals surface area contributed by atoms with Crippen LogP contribution >= 0.6 is 11.6 Å². The van der Waals surface area contributed by atoms with Gasteiger partial charge in [-0.3, -0.25) is 0 Å². The Morgan fingerprint density at radius 1 is 1.38 bits per heavy atom. The topological polar surface area (TPSA) is 6.48 Å². The lowest BCUT2D eigenvalue weighted by Gasteiger charge is -2.37. The Morgan fingerprint density at radius 3 is 2.81 bits per heavy atom. The first-order valence-electron chi connectivity index (χ1n) is 7.81. The lowest BCUT2D eigenvalue weighted by molar-refractivity contribution is 0.116. The van der Waals surface area contributed by atoms with Crippen molar-refractivity contribution in [2.45, 2.75) is 39.3 Å². The van der Waals surface area contributed by atoms with Crippen LogP contribution in [0.4, 0.5) is 4.39 Å². The predicted molar refractivity (Wildman–Crippen MR) is 87.2 cm³/mol. The van der Waals surface area contributed by atoms with Crippen molar-refractivity contribution in [2.24, 2.45) is 5.92 Å². The van der Waals surface area contributed by atoms with Crippen LogP contribution in [-0.2, 0) is 6.54 Å². The molecule has 0 bridgehead atoms. The summed E-state index contributed by atoms with van der Waals surface area (Å²) in [6.07, 6.45) is 2.57. The van der Waals surface area contributed by atoms with Gasteiger partial charge in [-0.25, -0.2) is 4.39 Å². The number of rotatable bonds is 5. The van der Waals surface area contributed by atoms with E-state index in [4.69, 9.17) is 11.6 Å². The highest BCUT2D eigenvalue weighted by molar-refractivity contribution is 6.30. The van der Waals surface area contributed by atoms with Gasteiger partial charge in [0.05, 0.1) is 0 Å². The zero-order chi connectivity index (χ0) is 15.4. The molecule has 1 aromatic carbocycles. The number of likely N-dealkylation sites (tertiary alicyclic amines) is 1. The van der Waals surface area contributed by atoms with E-state index in [0.29, 0.717) is 17.0 Å². The Balaban J connectivity index is 1.87. The van der Waals surface area contributed by atoms with Crippen molar-refractivity contribution < 1.29 is 4.39 Å². The Hall–Kier alpha value is -0.640. The van der Waals surface area contributed by atoms with Crippen molar-refractivity contribution in [3.8, 4) is 0 Å². The van der Waals surface area contributed by atoms with E-state index in [0.717, 1.165) is 18.7 Å². The van der Waals surface area contributed by atoms with Crippen molar-refractivity contribution in [3.63, 3.8) is 0 Å². The van der Waals surface area contributed by atoms with Crippen molar-refractivity contribution in [2.75, 3.05) is 26.7 Å². The van der Waals surface area contributed by atoms with E-state index in [2.05, 4.69) is 30.7 Å². The third-order valence-electron chi connectivity index (χ3n) is 4.23. The maximum Gasteiger partial charge on any atom is 0.125 e. The van der Waals surface area contributed by atoms with Crippen LogP contribution in [0.5, 0.6) is 0 Å². The highest BCUT2D eigenvalue weighted by Gasteiger charge is 2.22. The lowest BCUT2D eigenvalue weighted by atomic mass is 9.96. The number of halogens is 2. The molecule has 21 heavy (non-hydrogen) atoms. The average Bonchev–Trinajstić information content (AvgIpc) is 2.37. The fraction of sp³-hybridized carbons (Fsp3) is 0.647. The Bertz CT molecular complexity index is 444. The number of piperidine rings is 1. The molecule has 1 aliphatic rings. The second-order valence-electron chi connectivity index (χ2n) is 6.57. The number of benzene rings is 1. The Kier molecular flexibility index (Phi) is 6.03. The molecule has 2 nitrogen and oxygen atoms in total. The van der Waals surface area contributed by atoms with Gasteiger partial charge in [-0.05, 0) is 70.0 Å². The largest absolute Gasteiger partial charge is 0.302 e. The summed E-state index contributed by atoms with van der Waals surface area (Å²) in [5, 5.41) is 0.474. The monoisotopic (exact) mass is 312 g/mol. The minimum Gasteiger partial charge on any atom is -0.302 e. The van der Waals surface area contributed by atoms with Gasteiger partial charge in [0.2, 0.25) is 0 Å². The van der Waals surface area contributed by atoms with Gasteiger partial charge in [-0.2, -0.15) is 0 Å². The molecule has 1 heterocycles. The SMILES string of the molecule is CC(C)N1CCC[C@@H](CN(C)Cc2cc(F)cc(Cl)c2)C1. The minimum atomic E-state index is -0.255. The molecule has 1 atom stereocenters. The van der Waals surface area contributed by atoms with E-state index < -0.39 is 0 Å². The molecule has 1 aliphatic heterocycles. The predicted octanol–water partition coefficient (Wildman–Crippen LogP) is 4.03. The highest BCUT2D eigenvalue weighted by atomic mass is 35.5. The summed E-state index contributed by atoms with van der Waals surface area (Å²) in [5.41, 5.74) is 0.944. The van der Waals surface area contributed by atoms with Gasteiger partial charge in [0, 0.05) is 30.7 Å². The van der Waals surface area contributed by atoms with Gasteiger partial charge >= 0.3 is 0 Å². The van der Waals surface area contributed by atoms with E-state index in [9.17, 15) is 4.39 Å². The van der Waals surface area contributed by atoms with Crippen molar-refractivity contribution in [1.29, 1.82) is 0 Å². The standard InChI is InChI=1S/C17H26ClFN2/c1-13(2)21-6-4-5-14(12-21)10-20(3)11-15-7-16(18)9-17(19)8-15/h7-9,13-14H,4-6,10-12H2,1-3H3/t14-/m0/s1. The maximum absolute atomic E-state index is 13.4. The molecule has 2 rings (SSSR count). The quantitative estimate of drug-likeness (QED) is 0.810. The van der Waals surface area contributed by atoms with Crippen LogP contribution in [0, 0.1) is 11.7 Å². The molecule has 0 amide bonds. The van der Waals surface area contributed by atoms with Crippen molar-refractivity contribution in [3.05, 3.63) is 34.6 Å². The summed E-state index contributed by atoms with van der Waals surface area (Å²) < 4.78 is 13.4. The van der Waals surface area contributed by atoms with Crippen LogP contribution in [0.25, 0.3) is 0 Å². The molecule has 4 heteroatoms. The summed E-state index contributed by atoms with van der Waals surface area (Å²) in [7, 11) is 2.10. The first-order valence-corrected chi connectivity index (χ1v) is 8.19. The van der Waals surface area contributed by atoms with Crippen LogP contribution in [-0.4, -0.2) is 42.5 Å². The zero-order valence-corrected chi connectivity index (χ0v) is 14.0. The highest BCUT2D eigenvalue weighted by Crippen LogP contribution is 2.20. The van der Waals surface area contributed by atoms with Crippen molar-refractivity contribution in [1.82, 2.24) is 9.80 Å². The summed E-state index contributed by atoms with van der Waals surface area (Å²) in [6, 6.07) is 5.40. The van der Waals surface area contributed by atoms with Gasteiger partial charge in [-0.15, -0.1) is 0 Å². The molecule has 1 saturated heterocycles. The summed E-state index contributed by atoms with van der Waals surface area (Å²) in [4.78, 5) is 4.83. The molecule has 1 aromatic rings. The van der Waals surface area contributed by atoms with Crippen LogP contribution in [0.2, 0.25) is 5.02 Å². The second-order valence-corrected chi connectivity index (χ2v) is 7.01. The Labute approximate surface area is 132 Å². The molecule has 0 radical (unpaired) electrons. The fourth-order valence-electron chi connectivity index (χ4n) is 3.23. The molecular formula is C17H26ClFN2. The molecule has 0 aliphatic carbocycles. The molecule has 0 aromatic heterocycles. The van der Waals surface area contributed by atoms with E-state index >= 15 is 0 Å². The summed E-state index contributed by atoms with van der Waals surface area (Å²) in [6.45, 7) is 8.72. The third-order valence-corrected chi connectivity index (χ3v) is 4.44. The second kappa shape index (κ2) is 7.57. The zero-order valence-electron chi connectivity index (χ0n) is 13.3.